The largest absolute Gasteiger partial charge is 0.494 e. The van der Waals surface area contributed by atoms with Crippen LogP contribution in [0.5, 0.6) is 17.2 Å². The number of hydrogen-bond acceptors (Lipinski definition) is 4. The van der Waals surface area contributed by atoms with Gasteiger partial charge in [0.2, 0.25) is 11.8 Å². The topological polar surface area (TPSA) is 67.9 Å². The Morgan fingerprint density at radius 3 is 2.31 bits per heavy atom. The normalized spacial score (nSPS) is 15.3. The van der Waals surface area contributed by atoms with Gasteiger partial charge >= 0.3 is 0 Å². The van der Waals surface area contributed by atoms with Gasteiger partial charge in [-0.05, 0) is 78.4 Å². The van der Waals surface area contributed by atoms with Gasteiger partial charge in [-0.3, -0.25) is 9.59 Å². The molecule has 0 aliphatic carbocycles. The molecule has 1 fully saturated rings. The Kier molecular flexibility index (Phi) is 6.35. The van der Waals surface area contributed by atoms with E-state index in [2.05, 4.69) is 11.4 Å². The molecule has 0 spiro atoms. The number of amides is 2. The highest BCUT2D eigenvalue weighted by molar-refractivity contribution is 6.03. The molecule has 0 unspecified atom stereocenters. The smallest absolute Gasteiger partial charge is 0.229 e. The van der Waals surface area contributed by atoms with Gasteiger partial charge in [-0.1, -0.05) is 30.3 Å². The second kappa shape index (κ2) is 9.89. The molecule has 0 radical (unpaired) electrons. The third-order valence-corrected chi connectivity index (χ3v) is 6.03. The molecule has 0 bridgehead atoms. The van der Waals surface area contributed by atoms with Gasteiger partial charge < -0.3 is 19.7 Å². The zero-order valence-electron chi connectivity index (χ0n) is 19.4. The highest BCUT2D eigenvalue weighted by atomic mass is 16.5. The summed E-state index contributed by atoms with van der Waals surface area (Å²) in [7, 11) is 0. The number of fused-ring (bicyclic) bond motifs is 1. The van der Waals surface area contributed by atoms with E-state index in [0.717, 1.165) is 28.0 Å². The molecule has 0 saturated carbocycles. The van der Waals surface area contributed by atoms with Crippen LogP contribution in [-0.4, -0.2) is 25.0 Å². The molecule has 1 N–H and O–H groups in total. The molecule has 2 amide bonds. The van der Waals surface area contributed by atoms with Crippen LogP contribution in [0.25, 0.3) is 10.8 Å². The van der Waals surface area contributed by atoms with Crippen molar-refractivity contribution in [2.75, 3.05) is 23.4 Å². The van der Waals surface area contributed by atoms with Crippen molar-refractivity contribution in [3.63, 3.8) is 0 Å². The highest BCUT2D eigenvalue weighted by Crippen LogP contribution is 2.29. The third-order valence-electron chi connectivity index (χ3n) is 6.03. The minimum absolute atomic E-state index is 0.0616. The van der Waals surface area contributed by atoms with Gasteiger partial charge in [0.15, 0.2) is 0 Å². The van der Waals surface area contributed by atoms with Crippen LogP contribution in [0, 0.1) is 5.92 Å². The van der Waals surface area contributed by atoms with Crippen LogP contribution < -0.4 is 19.7 Å². The summed E-state index contributed by atoms with van der Waals surface area (Å²) in [6.45, 7) is 2.86. The zero-order valence-corrected chi connectivity index (χ0v) is 19.4. The minimum Gasteiger partial charge on any atom is -0.494 e. The van der Waals surface area contributed by atoms with Crippen LogP contribution in [0.2, 0.25) is 0 Å². The lowest BCUT2D eigenvalue weighted by atomic mass is 10.1. The first kappa shape index (κ1) is 22.5. The number of hydrogen-bond donors (Lipinski definition) is 1. The maximum atomic E-state index is 12.8. The first-order chi connectivity index (χ1) is 17.1. The van der Waals surface area contributed by atoms with Crippen molar-refractivity contribution in [1.29, 1.82) is 0 Å². The fraction of sp³-hybridized carbons (Fsp3) is 0.172. The molecule has 1 heterocycles. The van der Waals surface area contributed by atoms with Crippen molar-refractivity contribution in [1.82, 2.24) is 0 Å². The summed E-state index contributed by atoms with van der Waals surface area (Å²) in [6.07, 6.45) is 0.183. The van der Waals surface area contributed by atoms with Crippen molar-refractivity contribution in [2.24, 2.45) is 5.92 Å². The first-order valence-electron chi connectivity index (χ1n) is 11.7. The van der Waals surface area contributed by atoms with Gasteiger partial charge in [-0.15, -0.1) is 0 Å². The summed E-state index contributed by atoms with van der Waals surface area (Å²) in [5.74, 6) is 1.53. The molecule has 5 rings (SSSR count). The lowest BCUT2D eigenvalue weighted by Crippen LogP contribution is -2.28. The molecular formula is C29H26N2O4. The van der Waals surface area contributed by atoms with Crippen LogP contribution in [0.4, 0.5) is 11.4 Å². The molecule has 0 aromatic heterocycles. The summed E-state index contributed by atoms with van der Waals surface area (Å²) in [5, 5.41) is 5.19. The van der Waals surface area contributed by atoms with E-state index < -0.39 is 5.92 Å². The number of rotatable bonds is 7. The standard InChI is InChI=1S/C29H26N2O4/c1-2-34-25-15-10-24(11-16-25)31-19-22(18-28(31)32)29(33)30-23-8-13-26(14-9-23)35-27-12-7-20-5-3-4-6-21(20)17-27/h3-17,22H,2,18-19H2,1H3,(H,30,33)/t22-/m0/s1. The maximum absolute atomic E-state index is 12.8. The molecule has 1 aliphatic rings. The Morgan fingerprint density at radius 1 is 0.886 bits per heavy atom. The molecule has 4 aromatic rings. The predicted molar refractivity (Wildman–Crippen MR) is 137 cm³/mol. The Bertz CT molecular complexity index is 1350. The van der Waals surface area contributed by atoms with E-state index in [4.69, 9.17) is 9.47 Å². The molecule has 6 heteroatoms. The maximum Gasteiger partial charge on any atom is 0.229 e. The molecule has 1 atom stereocenters. The fourth-order valence-electron chi connectivity index (χ4n) is 4.24. The minimum atomic E-state index is -0.414. The monoisotopic (exact) mass is 466 g/mol. The van der Waals surface area contributed by atoms with E-state index in [1.165, 1.54) is 0 Å². The summed E-state index contributed by atoms with van der Waals surface area (Å²) < 4.78 is 11.4. The summed E-state index contributed by atoms with van der Waals surface area (Å²) in [5.41, 5.74) is 1.43. The Morgan fingerprint density at radius 2 is 1.57 bits per heavy atom. The van der Waals surface area contributed by atoms with Crippen molar-refractivity contribution in [3.8, 4) is 17.2 Å². The van der Waals surface area contributed by atoms with Crippen LogP contribution in [0.1, 0.15) is 13.3 Å². The quantitative estimate of drug-likeness (QED) is 0.362. The van der Waals surface area contributed by atoms with Crippen LogP contribution in [0.15, 0.2) is 91.0 Å². The van der Waals surface area contributed by atoms with Gasteiger partial charge in [-0.2, -0.15) is 0 Å². The zero-order chi connectivity index (χ0) is 24.2. The molecule has 176 valence electrons. The molecule has 1 saturated heterocycles. The van der Waals surface area contributed by atoms with E-state index in [0.29, 0.717) is 24.6 Å². The fourth-order valence-corrected chi connectivity index (χ4v) is 4.24. The summed E-state index contributed by atoms with van der Waals surface area (Å²) in [6, 6.07) is 28.7. The number of carbonyl (C=O) groups is 2. The van der Waals surface area contributed by atoms with Crippen LogP contribution in [0.3, 0.4) is 0 Å². The lowest BCUT2D eigenvalue weighted by Gasteiger charge is -2.17. The van der Waals surface area contributed by atoms with Gasteiger partial charge in [0.25, 0.3) is 0 Å². The average Bonchev–Trinajstić information content (AvgIpc) is 3.27. The van der Waals surface area contributed by atoms with Crippen molar-refractivity contribution in [2.45, 2.75) is 13.3 Å². The molecular weight excluding hydrogens is 440 g/mol. The molecule has 6 nitrogen and oxygen atoms in total. The average molecular weight is 467 g/mol. The van der Waals surface area contributed by atoms with E-state index >= 15 is 0 Å². The molecule has 1 aliphatic heterocycles. The Hall–Kier alpha value is -4.32. The molecule has 35 heavy (non-hydrogen) atoms. The van der Waals surface area contributed by atoms with E-state index in [9.17, 15) is 9.59 Å². The van der Waals surface area contributed by atoms with Crippen LogP contribution >= 0.6 is 0 Å². The van der Waals surface area contributed by atoms with E-state index in [1.807, 2.05) is 79.7 Å². The van der Waals surface area contributed by atoms with Gasteiger partial charge in [0, 0.05) is 24.3 Å². The van der Waals surface area contributed by atoms with Gasteiger partial charge in [0.05, 0.1) is 12.5 Å². The predicted octanol–water partition coefficient (Wildman–Crippen LogP) is 6.02. The second-order valence-electron chi connectivity index (χ2n) is 8.46. The number of nitrogens with one attached hydrogen (secondary N) is 1. The van der Waals surface area contributed by atoms with Crippen LogP contribution in [-0.2, 0) is 9.59 Å². The number of ether oxygens (including phenoxy) is 2. The van der Waals surface area contributed by atoms with E-state index in [1.54, 1.807) is 17.0 Å². The van der Waals surface area contributed by atoms with Crippen molar-refractivity contribution >= 4 is 34.0 Å². The number of benzene rings is 4. The molecule has 4 aromatic carbocycles. The number of nitrogens with zero attached hydrogens (tertiary/aromatic N) is 1. The van der Waals surface area contributed by atoms with E-state index in [-0.39, 0.29) is 18.2 Å². The summed E-state index contributed by atoms with van der Waals surface area (Å²) in [4.78, 5) is 27.0. The highest BCUT2D eigenvalue weighted by Gasteiger charge is 2.35. The Labute approximate surface area is 204 Å². The number of carbonyl (C=O) groups excluding carboxylic acids is 2. The number of anilines is 2. The second-order valence-corrected chi connectivity index (χ2v) is 8.46. The Balaban J connectivity index is 1.19. The van der Waals surface area contributed by atoms with Gasteiger partial charge in [-0.25, -0.2) is 0 Å². The lowest BCUT2D eigenvalue weighted by molar-refractivity contribution is -0.122. The first-order valence-corrected chi connectivity index (χ1v) is 11.7. The SMILES string of the molecule is CCOc1ccc(N2C[C@@H](C(=O)Nc3ccc(Oc4ccc5ccccc5c4)cc3)CC2=O)cc1. The van der Waals surface area contributed by atoms with Crippen molar-refractivity contribution < 1.29 is 19.1 Å². The third kappa shape index (κ3) is 5.11. The summed E-state index contributed by atoms with van der Waals surface area (Å²) >= 11 is 0. The van der Waals surface area contributed by atoms with Gasteiger partial charge in [0.1, 0.15) is 17.2 Å². The van der Waals surface area contributed by atoms with Crippen molar-refractivity contribution in [3.05, 3.63) is 91.0 Å².